The molecule has 23 heavy (non-hydrogen) atoms. The summed E-state index contributed by atoms with van der Waals surface area (Å²) >= 11 is 0. The third kappa shape index (κ3) is 4.76. The average molecular weight is 298 g/mol. The molecular formula is C21H24B2. The molecule has 0 unspecified atom stereocenters. The molecule has 0 bridgehead atoms. The van der Waals surface area contributed by atoms with Gasteiger partial charge in [-0.2, -0.15) is 5.37 Å². The van der Waals surface area contributed by atoms with Crippen molar-refractivity contribution in [1.82, 2.24) is 0 Å². The summed E-state index contributed by atoms with van der Waals surface area (Å²) in [7, 11) is 12.2. The van der Waals surface area contributed by atoms with Gasteiger partial charge in [-0.25, -0.2) is 0 Å². The van der Waals surface area contributed by atoms with Crippen molar-refractivity contribution in [3.05, 3.63) is 89.4 Å². The highest BCUT2D eigenvalue weighted by Gasteiger charge is 2.17. The van der Waals surface area contributed by atoms with Crippen LogP contribution in [0, 0.1) is 5.92 Å². The molecule has 1 aromatic rings. The first-order chi connectivity index (χ1) is 11.0. The Morgan fingerprint density at radius 1 is 1.09 bits per heavy atom. The lowest BCUT2D eigenvalue weighted by molar-refractivity contribution is 0.784. The number of aryl methyl sites for hydroxylation is 1. The average Bonchev–Trinajstić information content (AvgIpc) is 2.52. The maximum atomic E-state index is 6.09. The first kappa shape index (κ1) is 19.1. The predicted octanol–water partition coefficient (Wildman–Crippen LogP) is 5.14. The Morgan fingerprint density at radius 2 is 1.70 bits per heavy atom. The Hall–Kier alpha value is -1.95. The van der Waals surface area contributed by atoms with Crippen molar-refractivity contribution < 1.29 is 0 Å². The molecule has 0 nitrogen and oxygen atoms in total. The molecule has 0 heterocycles. The molecule has 1 rings (SSSR count). The lowest BCUT2D eigenvalue weighted by Crippen LogP contribution is -2.06. The second-order valence-corrected chi connectivity index (χ2v) is 5.67. The topological polar surface area (TPSA) is 0 Å². The van der Waals surface area contributed by atoms with Gasteiger partial charge in [0.2, 0.25) is 0 Å². The number of rotatable bonds is 7. The maximum absolute atomic E-state index is 6.09. The summed E-state index contributed by atoms with van der Waals surface area (Å²) < 4.78 is 0. The Kier molecular flexibility index (Phi) is 7.68. The molecule has 0 aliphatic heterocycles. The van der Waals surface area contributed by atoms with E-state index >= 15 is 0 Å². The van der Waals surface area contributed by atoms with Crippen LogP contribution in [-0.2, 0) is 6.42 Å². The van der Waals surface area contributed by atoms with Crippen LogP contribution in [0.3, 0.4) is 0 Å². The van der Waals surface area contributed by atoms with E-state index in [-0.39, 0.29) is 0 Å². The minimum absolute atomic E-state index is 0.308. The van der Waals surface area contributed by atoms with E-state index < -0.39 is 0 Å². The summed E-state index contributed by atoms with van der Waals surface area (Å²) in [6, 6.07) is 8.22. The zero-order valence-electron chi connectivity index (χ0n) is 14.5. The molecule has 0 saturated carbocycles. The predicted molar refractivity (Wildman–Crippen MR) is 106 cm³/mol. The summed E-state index contributed by atoms with van der Waals surface area (Å²) in [6.07, 6.45) is 8.46. The quantitative estimate of drug-likeness (QED) is 0.483. The molecule has 4 radical (unpaired) electrons. The fourth-order valence-corrected chi connectivity index (χ4v) is 2.69. The van der Waals surface area contributed by atoms with Gasteiger partial charge in [0.15, 0.2) is 0 Å². The van der Waals surface area contributed by atoms with Gasteiger partial charge in [-0.1, -0.05) is 82.5 Å². The van der Waals surface area contributed by atoms with Crippen LogP contribution in [0.1, 0.15) is 31.9 Å². The Bertz CT molecular complexity index is 654. The van der Waals surface area contributed by atoms with Crippen molar-refractivity contribution in [2.45, 2.75) is 27.2 Å². The summed E-state index contributed by atoms with van der Waals surface area (Å²) in [5.74, 6) is 0.308. The van der Waals surface area contributed by atoms with Crippen molar-refractivity contribution in [3.63, 3.8) is 0 Å². The molecule has 0 spiro atoms. The first-order valence-electron chi connectivity index (χ1n) is 7.97. The van der Waals surface area contributed by atoms with Crippen LogP contribution in [0.25, 0.3) is 5.57 Å². The van der Waals surface area contributed by atoms with Gasteiger partial charge in [-0.15, -0.1) is 0 Å². The van der Waals surface area contributed by atoms with Gasteiger partial charge in [0.1, 0.15) is 0 Å². The molecule has 0 atom stereocenters. The molecule has 0 amide bonds. The summed E-state index contributed by atoms with van der Waals surface area (Å²) in [6.45, 7) is 14.1. The summed E-state index contributed by atoms with van der Waals surface area (Å²) in [4.78, 5) is 0. The minimum Gasteiger partial charge on any atom is -0.152 e. The van der Waals surface area contributed by atoms with Crippen LogP contribution < -0.4 is 0 Å². The molecule has 0 aromatic heterocycles. The van der Waals surface area contributed by atoms with Gasteiger partial charge < -0.3 is 0 Å². The molecule has 114 valence electrons. The van der Waals surface area contributed by atoms with E-state index in [4.69, 9.17) is 15.7 Å². The van der Waals surface area contributed by atoms with Gasteiger partial charge in [0, 0.05) is 0 Å². The Morgan fingerprint density at radius 3 is 2.17 bits per heavy atom. The van der Waals surface area contributed by atoms with Crippen LogP contribution >= 0.6 is 0 Å². The van der Waals surface area contributed by atoms with Crippen LogP contribution in [0.2, 0.25) is 0 Å². The largest absolute Gasteiger partial charge is 0.152 e. The smallest absolute Gasteiger partial charge is 0.0931 e. The van der Waals surface area contributed by atoms with Gasteiger partial charge in [0.25, 0.3) is 0 Å². The van der Waals surface area contributed by atoms with E-state index in [0.717, 1.165) is 28.7 Å². The number of hydrogen-bond acceptors (Lipinski definition) is 0. The van der Waals surface area contributed by atoms with Gasteiger partial charge in [-0.05, 0) is 40.2 Å². The lowest BCUT2D eigenvalue weighted by atomic mass is 9.69. The van der Waals surface area contributed by atoms with E-state index in [9.17, 15) is 0 Å². The van der Waals surface area contributed by atoms with Crippen molar-refractivity contribution in [1.29, 1.82) is 0 Å². The molecular weight excluding hydrogens is 274 g/mol. The zero-order valence-corrected chi connectivity index (χ0v) is 14.5. The van der Waals surface area contributed by atoms with E-state index in [1.54, 1.807) is 12.2 Å². The summed E-state index contributed by atoms with van der Waals surface area (Å²) in [5, 5.41) is 0.314. The Labute approximate surface area is 144 Å². The highest BCUT2D eigenvalue weighted by molar-refractivity contribution is 6.51. The van der Waals surface area contributed by atoms with Gasteiger partial charge >= 0.3 is 0 Å². The minimum atomic E-state index is 0.308. The number of allylic oxidation sites excluding steroid dienone is 7. The molecule has 2 heteroatoms. The third-order valence-electron chi connectivity index (χ3n) is 3.74. The molecule has 0 N–H and O–H groups in total. The molecule has 0 aliphatic carbocycles. The SMILES string of the molecule is [B]C([B])=C(C(=C/C=C)/C(=C\C=C)C(C)C)c1ccccc1CC. The molecule has 0 saturated heterocycles. The molecule has 1 aromatic carbocycles. The number of benzene rings is 1. The zero-order chi connectivity index (χ0) is 17.4. The maximum Gasteiger partial charge on any atom is 0.0931 e. The van der Waals surface area contributed by atoms with E-state index in [1.165, 1.54) is 5.56 Å². The van der Waals surface area contributed by atoms with Crippen molar-refractivity contribution >= 4 is 21.3 Å². The second kappa shape index (κ2) is 9.25. The molecule has 0 aliphatic rings. The van der Waals surface area contributed by atoms with Crippen molar-refractivity contribution in [2.24, 2.45) is 5.92 Å². The second-order valence-electron chi connectivity index (χ2n) is 5.67. The van der Waals surface area contributed by atoms with E-state index in [1.807, 2.05) is 24.3 Å². The van der Waals surface area contributed by atoms with Gasteiger partial charge in [-0.3, -0.25) is 0 Å². The van der Waals surface area contributed by atoms with E-state index in [0.29, 0.717) is 11.3 Å². The van der Waals surface area contributed by atoms with E-state index in [2.05, 4.69) is 46.1 Å². The van der Waals surface area contributed by atoms with Crippen LogP contribution in [0.4, 0.5) is 0 Å². The standard InChI is InChI=1S/C21H24B2/c1-6-11-17(15(4)5)19(12-7-2)20(21(22)23)18-14-10-9-13-16(18)8-3/h6-7,9-15H,1-2,8H2,3-5H3/b17-11-,19-12+. The Balaban J connectivity index is 3.69. The first-order valence-corrected chi connectivity index (χ1v) is 7.97. The summed E-state index contributed by atoms with van der Waals surface area (Å²) in [5.41, 5.74) is 5.28. The van der Waals surface area contributed by atoms with Gasteiger partial charge in [0.05, 0.1) is 15.7 Å². The third-order valence-corrected chi connectivity index (χ3v) is 3.74. The fourth-order valence-electron chi connectivity index (χ4n) is 2.69. The van der Waals surface area contributed by atoms with Crippen LogP contribution in [-0.4, -0.2) is 15.7 Å². The fraction of sp³-hybridized carbons (Fsp3) is 0.238. The lowest BCUT2D eigenvalue weighted by Gasteiger charge is -2.23. The van der Waals surface area contributed by atoms with Crippen LogP contribution in [0.5, 0.6) is 0 Å². The highest BCUT2D eigenvalue weighted by atomic mass is 14.2. The van der Waals surface area contributed by atoms with Crippen LogP contribution in [0.15, 0.2) is 78.2 Å². The van der Waals surface area contributed by atoms with Crippen molar-refractivity contribution in [2.75, 3.05) is 0 Å². The monoisotopic (exact) mass is 298 g/mol. The van der Waals surface area contributed by atoms with Crippen molar-refractivity contribution in [3.8, 4) is 0 Å². The normalized spacial score (nSPS) is 12.2. The molecule has 0 fully saturated rings. The number of hydrogen-bond donors (Lipinski definition) is 0. The highest BCUT2D eigenvalue weighted by Crippen LogP contribution is 2.35.